The zero-order chi connectivity index (χ0) is 22.0. The summed E-state index contributed by atoms with van der Waals surface area (Å²) in [7, 11) is 1.35. The van der Waals surface area contributed by atoms with E-state index in [4.69, 9.17) is 9.47 Å². The number of esters is 2. The average Bonchev–Trinajstić information content (AvgIpc) is 3.42. The predicted octanol–water partition coefficient (Wildman–Crippen LogP) is 3.20. The van der Waals surface area contributed by atoms with E-state index in [0.717, 1.165) is 18.8 Å². The molecule has 2 aliphatic rings. The van der Waals surface area contributed by atoms with Crippen molar-refractivity contribution in [2.24, 2.45) is 10.9 Å². The van der Waals surface area contributed by atoms with E-state index in [1.54, 1.807) is 20.0 Å². The summed E-state index contributed by atoms with van der Waals surface area (Å²) in [6, 6.07) is 12.1. The van der Waals surface area contributed by atoms with Crippen LogP contribution in [0.25, 0.3) is 0 Å². The minimum Gasteiger partial charge on any atom is -0.468 e. The fourth-order valence-corrected chi connectivity index (χ4v) is 4.52. The van der Waals surface area contributed by atoms with Crippen LogP contribution < -0.4 is 0 Å². The van der Waals surface area contributed by atoms with Crippen LogP contribution in [0.15, 0.2) is 58.9 Å². The number of fused-ring (bicyclic) bond motifs is 1. The molecular formula is C24H27N3O4. The average molecular weight is 421 g/mol. The Morgan fingerprint density at radius 3 is 2.45 bits per heavy atom. The van der Waals surface area contributed by atoms with Crippen LogP contribution in [0.3, 0.4) is 0 Å². The minimum absolute atomic E-state index is 0.270. The first-order valence-electron chi connectivity index (χ1n) is 10.4. The topological polar surface area (TPSA) is 84.0 Å². The molecule has 2 aromatic rings. The minimum atomic E-state index is -0.678. The standard InChI is InChI=1S/C24H27N3O4/c1-15-20(23(28)30-3)22(19-9-6-10-25-19)21(16(2)26-15)24(29)31-12-11-27-13-17-7-4-5-8-18(17)14-27/h4-10,20,22,25H,11-14H2,1-3H3. The van der Waals surface area contributed by atoms with Crippen molar-refractivity contribution >= 4 is 17.7 Å². The second-order valence-electron chi connectivity index (χ2n) is 7.97. The van der Waals surface area contributed by atoms with Crippen molar-refractivity contribution in [3.63, 3.8) is 0 Å². The third kappa shape index (κ3) is 4.18. The Morgan fingerprint density at radius 2 is 1.84 bits per heavy atom. The molecule has 0 spiro atoms. The second-order valence-corrected chi connectivity index (χ2v) is 7.97. The maximum absolute atomic E-state index is 13.1. The molecule has 1 aromatic heterocycles. The van der Waals surface area contributed by atoms with Crippen molar-refractivity contribution in [1.29, 1.82) is 0 Å². The zero-order valence-corrected chi connectivity index (χ0v) is 18.1. The number of benzene rings is 1. The number of carbonyl (C=O) groups is 2. The quantitative estimate of drug-likeness (QED) is 0.724. The van der Waals surface area contributed by atoms with Crippen molar-refractivity contribution < 1.29 is 19.1 Å². The van der Waals surface area contributed by atoms with Gasteiger partial charge in [0, 0.05) is 42.9 Å². The van der Waals surface area contributed by atoms with Crippen LogP contribution in [0.2, 0.25) is 0 Å². The van der Waals surface area contributed by atoms with Gasteiger partial charge in [0.05, 0.1) is 18.6 Å². The smallest absolute Gasteiger partial charge is 0.336 e. The summed E-state index contributed by atoms with van der Waals surface area (Å²) in [4.78, 5) is 35.6. The van der Waals surface area contributed by atoms with E-state index in [1.807, 2.05) is 24.3 Å². The number of rotatable bonds is 6. The van der Waals surface area contributed by atoms with Crippen molar-refractivity contribution in [1.82, 2.24) is 9.88 Å². The van der Waals surface area contributed by atoms with Gasteiger partial charge in [0.25, 0.3) is 0 Å². The van der Waals surface area contributed by atoms with E-state index in [2.05, 4.69) is 27.0 Å². The van der Waals surface area contributed by atoms with E-state index in [1.165, 1.54) is 18.2 Å². The Labute approximate surface area is 181 Å². The maximum atomic E-state index is 13.1. The Hall–Kier alpha value is -3.19. The van der Waals surface area contributed by atoms with Crippen LogP contribution >= 0.6 is 0 Å². The summed E-state index contributed by atoms with van der Waals surface area (Å²) in [5.74, 6) is -2.07. The summed E-state index contributed by atoms with van der Waals surface area (Å²) >= 11 is 0. The summed E-state index contributed by atoms with van der Waals surface area (Å²) in [6.07, 6.45) is 1.77. The molecule has 0 bridgehead atoms. The van der Waals surface area contributed by atoms with Gasteiger partial charge in [-0.2, -0.15) is 0 Å². The maximum Gasteiger partial charge on any atom is 0.336 e. The molecule has 162 valence electrons. The zero-order valence-electron chi connectivity index (χ0n) is 18.1. The van der Waals surface area contributed by atoms with Gasteiger partial charge in [-0.15, -0.1) is 0 Å². The third-order valence-corrected chi connectivity index (χ3v) is 6.01. The monoisotopic (exact) mass is 421 g/mol. The van der Waals surface area contributed by atoms with Crippen LogP contribution in [0.5, 0.6) is 0 Å². The molecule has 2 unspecified atom stereocenters. The van der Waals surface area contributed by atoms with Crippen LogP contribution in [0.1, 0.15) is 36.6 Å². The first-order chi connectivity index (χ1) is 15.0. The predicted molar refractivity (Wildman–Crippen MR) is 116 cm³/mol. The van der Waals surface area contributed by atoms with Crippen LogP contribution in [-0.2, 0) is 32.2 Å². The van der Waals surface area contributed by atoms with E-state index in [0.29, 0.717) is 23.5 Å². The molecule has 3 heterocycles. The number of aliphatic imine (C=N–C) groups is 1. The normalized spacial score (nSPS) is 20.9. The van der Waals surface area contributed by atoms with Crippen molar-refractivity contribution in [2.45, 2.75) is 32.9 Å². The van der Waals surface area contributed by atoms with Crippen LogP contribution in [-0.4, -0.2) is 47.8 Å². The molecule has 2 atom stereocenters. The Morgan fingerprint density at radius 1 is 1.13 bits per heavy atom. The van der Waals surface area contributed by atoms with Gasteiger partial charge in [0.1, 0.15) is 12.5 Å². The molecule has 2 aliphatic heterocycles. The largest absolute Gasteiger partial charge is 0.468 e. The SMILES string of the molecule is COC(=O)C1C(C)=NC(C)=C(C(=O)OCCN2Cc3ccccc3C2)C1c1ccc[nH]1. The number of hydrogen-bond acceptors (Lipinski definition) is 6. The van der Waals surface area contributed by atoms with Gasteiger partial charge in [-0.05, 0) is 37.1 Å². The highest BCUT2D eigenvalue weighted by Gasteiger charge is 2.42. The van der Waals surface area contributed by atoms with E-state index < -0.39 is 23.8 Å². The molecule has 7 nitrogen and oxygen atoms in total. The third-order valence-electron chi connectivity index (χ3n) is 6.01. The van der Waals surface area contributed by atoms with Crippen molar-refractivity contribution in [3.8, 4) is 0 Å². The van der Waals surface area contributed by atoms with Gasteiger partial charge in [-0.3, -0.25) is 14.7 Å². The number of H-pyrrole nitrogens is 1. The molecule has 0 saturated heterocycles. The van der Waals surface area contributed by atoms with Crippen LogP contribution in [0.4, 0.5) is 0 Å². The molecule has 0 radical (unpaired) electrons. The van der Waals surface area contributed by atoms with Crippen LogP contribution in [0, 0.1) is 5.92 Å². The fraction of sp³-hybridized carbons (Fsp3) is 0.375. The molecule has 0 amide bonds. The highest BCUT2D eigenvalue weighted by atomic mass is 16.5. The summed E-state index contributed by atoms with van der Waals surface area (Å²) in [6.45, 7) is 6.19. The molecule has 31 heavy (non-hydrogen) atoms. The van der Waals surface area contributed by atoms with E-state index in [9.17, 15) is 9.59 Å². The van der Waals surface area contributed by atoms with Gasteiger partial charge in [-0.25, -0.2) is 4.79 Å². The van der Waals surface area contributed by atoms with E-state index in [-0.39, 0.29) is 6.61 Å². The summed E-state index contributed by atoms with van der Waals surface area (Å²) in [5.41, 5.74) is 4.97. The molecule has 4 rings (SSSR count). The number of hydrogen-bond donors (Lipinski definition) is 1. The molecule has 0 saturated carbocycles. The number of methoxy groups -OCH3 is 1. The first kappa shape index (κ1) is 21.1. The summed E-state index contributed by atoms with van der Waals surface area (Å²) < 4.78 is 10.7. The first-order valence-corrected chi connectivity index (χ1v) is 10.4. The molecule has 0 fully saturated rings. The lowest BCUT2D eigenvalue weighted by Crippen LogP contribution is -2.36. The Bertz CT molecular complexity index is 1010. The Balaban J connectivity index is 1.48. The van der Waals surface area contributed by atoms with Crippen molar-refractivity contribution in [3.05, 3.63) is 70.7 Å². The molecule has 7 heteroatoms. The van der Waals surface area contributed by atoms with Gasteiger partial charge in [0.15, 0.2) is 0 Å². The number of aromatic amines is 1. The van der Waals surface area contributed by atoms with Gasteiger partial charge in [-0.1, -0.05) is 24.3 Å². The lowest BCUT2D eigenvalue weighted by atomic mass is 9.78. The van der Waals surface area contributed by atoms with Gasteiger partial charge in [0.2, 0.25) is 0 Å². The summed E-state index contributed by atoms with van der Waals surface area (Å²) in [5, 5.41) is 0. The highest BCUT2D eigenvalue weighted by Crippen LogP contribution is 2.39. The Kier molecular flexibility index (Phi) is 6.04. The number of aromatic nitrogens is 1. The number of nitrogens with one attached hydrogen (secondary N) is 1. The van der Waals surface area contributed by atoms with Gasteiger partial charge < -0.3 is 14.5 Å². The molecular weight excluding hydrogens is 394 g/mol. The lowest BCUT2D eigenvalue weighted by molar-refractivity contribution is -0.144. The molecule has 1 aromatic carbocycles. The number of ether oxygens (including phenoxy) is 2. The molecule has 0 aliphatic carbocycles. The number of nitrogens with zero attached hydrogens (tertiary/aromatic N) is 2. The highest BCUT2D eigenvalue weighted by molar-refractivity contribution is 6.06. The number of allylic oxidation sites excluding steroid dienone is 1. The van der Waals surface area contributed by atoms with Gasteiger partial charge >= 0.3 is 11.9 Å². The molecule has 1 N–H and O–H groups in total. The van der Waals surface area contributed by atoms with E-state index >= 15 is 0 Å². The number of carbonyl (C=O) groups excluding carboxylic acids is 2. The second kappa shape index (κ2) is 8.89. The fourth-order valence-electron chi connectivity index (χ4n) is 4.52. The van der Waals surface area contributed by atoms with Crippen molar-refractivity contribution in [2.75, 3.05) is 20.3 Å². The lowest BCUT2D eigenvalue weighted by Gasteiger charge is -2.30.